The summed E-state index contributed by atoms with van der Waals surface area (Å²) in [6.07, 6.45) is 0. The Labute approximate surface area is 100 Å². The standard InChI is InChI=1S/CH3F6N5OP5/c1-13-18(7)11-16(4)9-14(2)8-15(3)10-17(5,6)12-18/h1H3/q+3. The maximum absolute atomic E-state index is 13.6. The van der Waals surface area contributed by atoms with Gasteiger partial charge in [0.25, 0.3) is 0 Å². The van der Waals surface area contributed by atoms with E-state index in [0.29, 0.717) is 7.11 Å². The van der Waals surface area contributed by atoms with E-state index in [1.807, 2.05) is 0 Å². The molecule has 0 aliphatic carbocycles. The zero-order chi connectivity index (χ0) is 14.0. The number of hydrogen-bond donors (Lipinski definition) is 0. The van der Waals surface area contributed by atoms with Crippen molar-refractivity contribution in [1.82, 2.24) is 0 Å². The second kappa shape index (κ2) is 6.17. The molecule has 0 fully saturated rings. The van der Waals surface area contributed by atoms with Gasteiger partial charge in [-0.15, -0.1) is 12.9 Å². The van der Waals surface area contributed by atoms with Gasteiger partial charge in [0.2, 0.25) is 9.03 Å². The van der Waals surface area contributed by atoms with Crippen molar-refractivity contribution in [3.8, 4) is 0 Å². The van der Waals surface area contributed by atoms with Crippen molar-refractivity contribution >= 4 is 40.1 Å². The molecule has 0 bridgehead atoms. The van der Waals surface area contributed by atoms with Crippen LogP contribution in [0.4, 0.5) is 25.2 Å². The van der Waals surface area contributed by atoms with E-state index in [9.17, 15) is 25.2 Å². The first-order chi connectivity index (χ1) is 8.16. The summed E-state index contributed by atoms with van der Waals surface area (Å²) in [5.74, 6) is 0. The number of rotatable bonds is 1. The summed E-state index contributed by atoms with van der Waals surface area (Å²) in [4.78, 5) is 0. The van der Waals surface area contributed by atoms with Crippen LogP contribution in [-0.4, -0.2) is 7.11 Å². The van der Waals surface area contributed by atoms with E-state index >= 15 is 0 Å². The Hall–Kier alpha value is 0.300. The molecule has 1 aliphatic heterocycles. The average Bonchev–Trinajstić information content (AvgIpc) is 2.12. The van der Waals surface area contributed by atoms with Gasteiger partial charge in [0, 0.05) is 7.11 Å². The van der Waals surface area contributed by atoms with Gasteiger partial charge < -0.3 is 4.52 Å². The van der Waals surface area contributed by atoms with Gasteiger partial charge in [0.1, 0.15) is 0 Å². The molecule has 17 heteroatoms. The fraction of sp³-hybridized carbons (Fsp3) is 1.00. The third-order valence-electron chi connectivity index (χ3n) is 1.11. The van der Waals surface area contributed by atoms with Crippen LogP contribution in [-0.2, 0) is 4.52 Å². The van der Waals surface area contributed by atoms with Crippen molar-refractivity contribution in [2.45, 2.75) is 0 Å². The topological polar surface area (TPSA) is 71.0 Å². The molecule has 0 aromatic rings. The van der Waals surface area contributed by atoms with Gasteiger partial charge in [-0.25, -0.2) is 0 Å². The van der Waals surface area contributed by atoms with Crippen molar-refractivity contribution in [2.75, 3.05) is 7.11 Å². The molecule has 0 aromatic heterocycles. The first kappa shape index (κ1) is 16.4. The van der Waals surface area contributed by atoms with E-state index in [2.05, 4.69) is 27.1 Å². The Balaban J connectivity index is 3.60. The fourth-order valence-electron chi connectivity index (χ4n) is 0.597. The molecule has 102 valence electrons. The van der Waals surface area contributed by atoms with Gasteiger partial charge in [-0.1, -0.05) is 0 Å². The highest BCUT2D eigenvalue weighted by atomic mass is 31.3. The highest BCUT2D eigenvalue weighted by Gasteiger charge is 2.42. The van der Waals surface area contributed by atoms with Gasteiger partial charge in [0.05, 0.1) is 21.6 Å². The lowest BCUT2D eigenvalue weighted by molar-refractivity contribution is 0.421. The molecule has 4 atom stereocenters. The van der Waals surface area contributed by atoms with E-state index in [-0.39, 0.29) is 0 Å². The number of nitrogens with zero attached hydrogens (tertiary/aromatic N) is 5. The molecular weight excluding hydrogens is 367 g/mol. The first-order valence-electron chi connectivity index (χ1n) is 3.61. The van der Waals surface area contributed by atoms with Gasteiger partial charge in [-0.2, -0.15) is 4.20 Å². The molecule has 18 heavy (non-hydrogen) atoms. The second-order valence-electron chi connectivity index (χ2n) is 2.28. The highest BCUT2D eigenvalue weighted by molar-refractivity contribution is 7.72. The van der Waals surface area contributed by atoms with Gasteiger partial charge in [0.15, 0.2) is 0 Å². The Bertz CT molecular complexity index is 547. The average molecular weight is 370 g/mol. The zero-order valence-corrected chi connectivity index (χ0v) is 12.6. The van der Waals surface area contributed by atoms with Crippen molar-refractivity contribution in [1.29, 1.82) is 0 Å². The molecular formula is CH3F6N5OP5+3. The lowest BCUT2D eigenvalue weighted by atomic mass is 11.8. The Morgan fingerprint density at radius 2 is 1.50 bits per heavy atom. The summed E-state index contributed by atoms with van der Waals surface area (Å²) in [6.45, 7) is 0. The van der Waals surface area contributed by atoms with Crippen molar-refractivity contribution in [3.05, 3.63) is 0 Å². The molecule has 0 saturated carbocycles. The molecule has 0 spiro atoms. The quantitative estimate of drug-likeness (QED) is 0.342. The summed E-state index contributed by atoms with van der Waals surface area (Å²) in [6, 6.07) is 0. The summed E-state index contributed by atoms with van der Waals surface area (Å²) in [5.41, 5.74) is 0. The van der Waals surface area contributed by atoms with Crippen LogP contribution in [0.3, 0.4) is 0 Å². The molecule has 0 saturated heterocycles. The molecule has 1 heterocycles. The van der Waals surface area contributed by atoms with Crippen LogP contribution >= 0.6 is 40.1 Å². The minimum atomic E-state index is -5.79. The van der Waals surface area contributed by atoms with E-state index in [0.717, 1.165) is 0 Å². The van der Waals surface area contributed by atoms with Gasteiger partial charge in [-0.05, 0) is 0 Å². The van der Waals surface area contributed by atoms with Crippen LogP contribution in [0.15, 0.2) is 22.6 Å². The molecule has 0 N–H and O–H groups in total. The minimum Gasteiger partial charge on any atom is -0.304 e. The maximum atomic E-state index is 13.6. The van der Waals surface area contributed by atoms with Crippen LogP contribution in [0.2, 0.25) is 0 Å². The smallest absolute Gasteiger partial charge is 0.304 e. The second-order valence-corrected chi connectivity index (χ2v) is 9.52. The Morgan fingerprint density at radius 1 is 0.944 bits per heavy atom. The van der Waals surface area contributed by atoms with Crippen LogP contribution in [0, 0.1) is 0 Å². The molecule has 1 rings (SSSR count). The van der Waals surface area contributed by atoms with Gasteiger partial charge in [-0.3, -0.25) is 0 Å². The van der Waals surface area contributed by atoms with Crippen LogP contribution < -0.4 is 0 Å². The van der Waals surface area contributed by atoms with E-state index < -0.39 is 40.1 Å². The van der Waals surface area contributed by atoms with Crippen LogP contribution in [0.25, 0.3) is 0 Å². The molecule has 6 nitrogen and oxygen atoms in total. The molecule has 0 amide bonds. The van der Waals surface area contributed by atoms with Crippen LogP contribution in [0.5, 0.6) is 0 Å². The number of hydrogen-bond acceptors (Lipinski definition) is 6. The summed E-state index contributed by atoms with van der Waals surface area (Å²) < 4.78 is 94.1. The fourth-order valence-corrected chi connectivity index (χ4v) is 6.98. The monoisotopic (exact) mass is 370 g/mol. The van der Waals surface area contributed by atoms with Crippen molar-refractivity contribution in [2.24, 2.45) is 22.6 Å². The lowest BCUT2D eigenvalue weighted by Gasteiger charge is -2.01. The van der Waals surface area contributed by atoms with E-state index in [1.165, 1.54) is 0 Å². The van der Waals surface area contributed by atoms with Crippen LogP contribution in [0.1, 0.15) is 0 Å². The highest BCUT2D eigenvalue weighted by Crippen LogP contribution is 2.73. The summed E-state index contributed by atoms with van der Waals surface area (Å²) >= 11 is 0. The SMILES string of the molecule is COP1(F)=NP(F)(F)=N[P+](F)=N[P+](F)=N[P+](F)=N1. The van der Waals surface area contributed by atoms with E-state index in [4.69, 9.17) is 0 Å². The third kappa shape index (κ3) is 5.12. The zero-order valence-electron chi connectivity index (χ0n) is 8.15. The molecule has 1 aliphatic rings. The Kier molecular flexibility index (Phi) is 5.60. The van der Waals surface area contributed by atoms with Crippen molar-refractivity contribution in [3.63, 3.8) is 0 Å². The largest absolute Gasteiger partial charge is 0.677 e. The molecule has 4 unspecified atom stereocenters. The first-order valence-corrected chi connectivity index (χ1v) is 10.00. The summed E-state index contributed by atoms with van der Waals surface area (Å²) in [5, 5.41) is 0. The predicted octanol–water partition coefficient (Wildman–Crippen LogP) is 7.84. The third-order valence-corrected chi connectivity index (χ3v) is 8.61. The van der Waals surface area contributed by atoms with Gasteiger partial charge >= 0.3 is 40.1 Å². The van der Waals surface area contributed by atoms with Crippen molar-refractivity contribution < 1.29 is 29.7 Å². The Morgan fingerprint density at radius 3 is 2.06 bits per heavy atom. The summed E-state index contributed by atoms with van der Waals surface area (Å²) in [7, 11) is -20.8. The molecule has 0 aromatic carbocycles. The molecule has 0 radical (unpaired) electrons. The minimum absolute atomic E-state index is 0.622. The lowest BCUT2D eigenvalue weighted by Crippen LogP contribution is -1.72. The number of halogens is 6. The normalized spacial score (nSPS) is 34.3. The maximum Gasteiger partial charge on any atom is 0.677 e. The van der Waals surface area contributed by atoms with E-state index in [1.54, 1.807) is 0 Å². The predicted molar refractivity (Wildman–Crippen MR) is 60.4 cm³/mol.